The summed E-state index contributed by atoms with van der Waals surface area (Å²) in [6, 6.07) is 4.60. The van der Waals surface area contributed by atoms with Crippen molar-refractivity contribution in [3.05, 3.63) is 47.1 Å². The monoisotopic (exact) mass is 402 g/mol. The van der Waals surface area contributed by atoms with Gasteiger partial charge in [0.1, 0.15) is 5.75 Å². The third kappa shape index (κ3) is 5.12. The fraction of sp³-hybridized carbons (Fsp3) is 0.450. The van der Waals surface area contributed by atoms with Gasteiger partial charge in [-0.3, -0.25) is 14.7 Å². The Kier molecular flexibility index (Phi) is 6.50. The maximum absolute atomic E-state index is 12.4. The zero-order chi connectivity index (χ0) is 21.0. The molecule has 1 saturated heterocycles. The van der Waals surface area contributed by atoms with Gasteiger partial charge in [0.25, 0.3) is 5.56 Å². The Labute approximate surface area is 168 Å². The summed E-state index contributed by atoms with van der Waals surface area (Å²) in [6.45, 7) is 7.20. The van der Waals surface area contributed by atoms with E-state index in [0.29, 0.717) is 55.1 Å². The van der Waals surface area contributed by atoms with Crippen LogP contribution in [0.4, 0.5) is 4.79 Å². The lowest BCUT2D eigenvalue weighted by Crippen LogP contribution is -2.54. The molecule has 9 nitrogen and oxygen atoms in total. The number of methoxy groups -OCH3 is 1. The number of carbonyl (C=O) groups is 1. The zero-order valence-corrected chi connectivity index (χ0v) is 16.6. The molecule has 0 aromatic carbocycles. The summed E-state index contributed by atoms with van der Waals surface area (Å²) in [5.41, 5.74) is 1.30. The highest BCUT2D eigenvalue weighted by atomic mass is 16.6. The van der Waals surface area contributed by atoms with Gasteiger partial charge in [-0.25, -0.2) is 4.79 Å². The van der Waals surface area contributed by atoms with Crippen molar-refractivity contribution in [2.24, 2.45) is 0 Å². The molecule has 0 spiro atoms. The number of likely N-dealkylation sites (tertiary alicyclic amines) is 1. The fourth-order valence-corrected chi connectivity index (χ4v) is 3.44. The summed E-state index contributed by atoms with van der Waals surface area (Å²) in [7, 11) is 1.56. The van der Waals surface area contributed by atoms with E-state index in [-0.39, 0.29) is 11.6 Å². The number of fused-ring (bicyclic) bond motifs is 1. The number of nitrogens with zero attached hydrogens (tertiary/aromatic N) is 3. The number of β-amino-alcohol motifs (C(OH)–C–C–N with tert-alkyl or cyclic N) is 1. The van der Waals surface area contributed by atoms with Crippen LogP contribution in [0.1, 0.15) is 13.3 Å². The van der Waals surface area contributed by atoms with Gasteiger partial charge in [-0.05, 0) is 19.4 Å². The van der Waals surface area contributed by atoms with Gasteiger partial charge < -0.3 is 24.5 Å². The van der Waals surface area contributed by atoms with Gasteiger partial charge >= 0.3 is 6.09 Å². The first kappa shape index (κ1) is 20.8. The third-order valence-corrected chi connectivity index (χ3v) is 4.92. The fourth-order valence-electron chi connectivity index (χ4n) is 3.44. The number of aliphatic hydroxyl groups excluding tert-OH is 1. The van der Waals surface area contributed by atoms with E-state index < -0.39 is 12.2 Å². The minimum Gasteiger partial charge on any atom is -0.495 e. The average molecular weight is 402 g/mol. The summed E-state index contributed by atoms with van der Waals surface area (Å²) < 4.78 is 11.8. The molecular formula is C20H26N4O5. The molecule has 1 amide bonds. The highest BCUT2D eigenvalue weighted by Gasteiger charge is 2.29. The van der Waals surface area contributed by atoms with Crippen molar-refractivity contribution in [1.29, 1.82) is 0 Å². The number of ether oxygens (including phenoxy) is 2. The van der Waals surface area contributed by atoms with Crippen molar-refractivity contribution < 1.29 is 19.4 Å². The first-order chi connectivity index (χ1) is 13.9. The lowest BCUT2D eigenvalue weighted by Gasteiger charge is -2.36. The lowest BCUT2D eigenvalue weighted by molar-refractivity contribution is 0.0385. The molecule has 3 heterocycles. The smallest absolute Gasteiger partial charge is 0.412 e. The molecule has 1 fully saturated rings. The van der Waals surface area contributed by atoms with Crippen molar-refractivity contribution in [2.75, 3.05) is 26.7 Å². The second-order valence-corrected chi connectivity index (χ2v) is 7.10. The highest BCUT2D eigenvalue weighted by Crippen LogP contribution is 2.17. The first-order valence-corrected chi connectivity index (χ1v) is 9.45. The molecule has 0 saturated carbocycles. The number of aliphatic hydroxyl groups is 1. The van der Waals surface area contributed by atoms with Gasteiger partial charge in [0.2, 0.25) is 0 Å². The molecule has 2 aromatic rings. The quantitative estimate of drug-likeness (QED) is 0.697. The minimum atomic E-state index is -0.729. The van der Waals surface area contributed by atoms with E-state index in [1.54, 1.807) is 36.9 Å². The normalized spacial score (nSPS) is 19.7. The molecule has 2 atom stereocenters. The van der Waals surface area contributed by atoms with Crippen LogP contribution in [0, 0.1) is 0 Å². The minimum absolute atomic E-state index is 0.118. The standard InChI is InChI=1S/C20H26N4O5/c1-13(2)29-20(27)22-16-6-7-23(12-18(16)25)8-9-24-17-10-14(28-3)11-21-15(17)4-5-19(24)26/h4-5,10-11,16,18,25H,1,6-9,12H2,2-3H3,(H,22,27)/t16-,18+/m1/s1. The number of allylic oxidation sites excluding steroid dienone is 1. The van der Waals surface area contributed by atoms with Crippen LogP contribution in [0.5, 0.6) is 5.75 Å². The molecule has 0 aliphatic carbocycles. The largest absolute Gasteiger partial charge is 0.495 e. The number of aromatic nitrogens is 2. The van der Waals surface area contributed by atoms with Gasteiger partial charge in [-0.1, -0.05) is 6.58 Å². The Balaban J connectivity index is 1.63. The number of rotatable bonds is 6. The van der Waals surface area contributed by atoms with Gasteiger partial charge in [0, 0.05) is 38.3 Å². The number of nitrogens with one attached hydrogen (secondary N) is 1. The Morgan fingerprint density at radius 2 is 2.21 bits per heavy atom. The van der Waals surface area contributed by atoms with Crippen LogP contribution < -0.4 is 15.6 Å². The molecule has 1 aliphatic heterocycles. The Morgan fingerprint density at radius 3 is 2.90 bits per heavy atom. The van der Waals surface area contributed by atoms with Crippen molar-refractivity contribution in [2.45, 2.75) is 32.0 Å². The summed E-state index contributed by atoms with van der Waals surface area (Å²) in [6.07, 6.45) is 0.849. The van der Waals surface area contributed by atoms with Gasteiger partial charge in [0.05, 0.1) is 42.2 Å². The Morgan fingerprint density at radius 1 is 1.41 bits per heavy atom. The highest BCUT2D eigenvalue weighted by molar-refractivity contribution is 5.75. The summed E-state index contributed by atoms with van der Waals surface area (Å²) in [5, 5.41) is 13.0. The zero-order valence-electron chi connectivity index (χ0n) is 16.6. The van der Waals surface area contributed by atoms with E-state index in [1.165, 1.54) is 6.07 Å². The summed E-state index contributed by atoms with van der Waals surface area (Å²) in [4.78, 5) is 30.5. The number of carbonyl (C=O) groups excluding carboxylic acids is 1. The van der Waals surface area contributed by atoms with Crippen molar-refractivity contribution >= 4 is 17.1 Å². The second kappa shape index (κ2) is 9.06. The molecule has 1 aliphatic rings. The number of hydrogen-bond donors (Lipinski definition) is 2. The maximum Gasteiger partial charge on any atom is 0.412 e. The van der Waals surface area contributed by atoms with Crippen LogP contribution in [-0.2, 0) is 11.3 Å². The molecule has 9 heteroatoms. The lowest BCUT2D eigenvalue weighted by atomic mass is 10.0. The predicted molar refractivity (Wildman–Crippen MR) is 108 cm³/mol. The molecule has 156 valence electrons. The Bertz CT molecular complexity index is 958. The van der Waals surface area contributed by atoms with E-state index >= 15 is 0 Å². The maximum atomic E-state index is 12.4. The number of alkyl carbamates (subject to hydrolysis) is 1. The molecule has 2 N–H and O–H groups in total. The molecular weight excluding hydrogens is 376 g/mol. The van der Waals surface area contributed by atoms with Gasteiger partial charge in [-0.2, -0.15) is 0 Å². The molecule has 2 aromatic heterocycles. The number of pyridine rings is 2. The molecule has 3 rings (SSSR count). The number of piperidine rings is 1. The van der Waals surface area contributed by atoms with Crippen molar-refractivity contribution in [3.8, 4) is 5.75 Å². The molecule has 0 radical (unpaired) electrons. The average Bonchev–Trinajstić information content (AvgIpc) is 2.68. The number of amides is 1. The van der Waals surface area contributed by atoms with Crippen LogP contribution in [0.15, 0.2) is 41.5 Å². The Hall–Kier alpha value is -2.91. The van der Waals surface area contributed by atoms with Gasteiger partial charge in [-0.15, -0.1) is 0 Å². The van der Waals surface area contributed by atoms with E-state index in [2.05, 4.69) is 21.8 Å². The van der Waals surface area contributed by atoms with Gasteiger partial charge in [0.15, 0.2) is 0 Å². The van der Waals surface area contributed by atoms with E-state index in [0.717, 1.165) is 0 Å². The van der Waals surface area contributed by atoms with Crippen LogP contribution in [0.25, 0.3) is 11.0 Å². The van der Waals surface area contributed by atoms with E-state index in [9.17, 15) is 14.7 Å². The summed E-state index contributed by atoms with van der Waals surface area (Å²) in [5.74, 6) is 0.877. The SMILES string of the molecule is C=C(C)OC(=O)N[C@@H]1CCN(CCn2c(=O)ccc3ncc(OC)cc32)C[C@@H]1O. The van der Waals surface area contributed by atoms with Crippen molar-refractivity contribution in [3.63, 3.8) is 0 Å². The topological polar surface area (TPSA) is 106 Å². The van der Waals surface area contributed by atoms with Crippen molar-refractivity contribution in [1.82, 2.24) is 19.8 Å². The van der Waals surface area contributed by atoms with Crippen LogP contribution >= 0.6 is 0 Å². The number of hydrogen-bond acceptors (Lipinski definition) is 7. The van der Waals surface area contributed by atoms with E-state index in [4.69, 9.17) is 9.47 Å². The first-order valence-electron chi connectivity index (χ1n) is 9.45. The van der Waals surface area contributed by atoms with E-state index in [1.807, 2.05) is 0 Å². The van der Waals surface area contributed by atoms with Crippen LogP contribution in [0.3, 0.4) is 0 Å². The third-order valence-electron chi connectivity index (χ3n) is 4.92. The second-order valence-electron chi connectivity index (χ2n) is 7.10. The van der Waals surface area contributed by atoms with Crippen LogP contribution in [-0.4, -0.2) is 64.5 Å². The molecule has 0 unspecified atom stereocenters. The van der Waals surface area contributed by atoms with Crippen LogP contribution in [0.2, 0.25) is 0 Å². The molecule has 29 heavy (non-hydrogen) atoms. The molecule has 0 bridgehead atoms. The predicted octanol–water partition coefficient (Wildman–Crippen LogP) is 1.10. The summed E-state index contributed by atoms with van der Waals surface area (Å²) >= 11 is 0.